The van der Waals surface area contributed by atoms with E-state index in [0.717, 1.165) is 6.08 Å². The number of hydrogen-bond acceptors (Lipinski definition) is 5. The molecule has 0 bridgehead atoms. The molecule has 0 saturated carbocycles. The van der Waals surface area contributed by atoms with Crippen molar-refractivity contribution in [3.8, 4) is 17.7 Å². The van der Waals surface area contributed by atoms with Crippen LogP contribution in [0.3, 0.4) is 0 Å². The van der Waals surface area contributed by atoms with Gasteiger partial charge in [-0.05, 0) is 61.0 Å². The van der Waals surface area contributed by atoms with E-state index in [2.05, 4.69) is 10.3 Å². The zero-order valence-electron chi connectivity index (χ0n) is 18.1. The Balaban J connectivity index is 1.85. The summed E-state index contributed by atoms with van der Waals surface area (Å²) in [6.07, 6.45) is 2.66. The predicted octanol–water partition coefficient (Wildman–Crippen LogP) is 6.30. The van der Waals surface area contributed by atoms with Crippen LogP contribution in [0.4, 0.5) is 5.69 Å². The highest BCUT2D eigenvalue weighted by molar-refractivity contribution is 6.35. The minimum absolute atomic E-state index is 0.114. The first-order valence-corrected chi connectivity index (χ1v) is 11.2. The van der Waals surface area contributed by atoms with Crippen LogP contribution in [0, 0.1) is 18.3 Å². The molecule has 2 aromatic heterocycles. The van der Waals surface area contributed by atoms with Crippen molar-refractivity contribution in [2.75, 3.05) is 5.32 Å². The lowest BCUT2D eigenvalue weighted by Gasteiger charge is -2.12. The summed E-state index contributed by atoms with van der Waals surface area (Å²) in [4.78, 5) is 30.7. The second-order valence-electron chi connectivity index (χ2n) is 7.33. The van der Waals surface area contributed by atoms with E-state index in [0.29, 0.717) is 26.9 Å². The minimum Gasteiger partial charge on any atom is -0.437 e. The topological polar surface area (TPSA) is 96.5 Å². The maximum absolute atomic E-state index is 13.4. The highest BCUT2D eigenvalue weighted by Crippen LogP contribution is 2.32. The number of fused-ring (bicyclic) bond motifs is 1. The van der Waals surface area contributed by atoms with Crippen LogP contribution >= 0.6 is 34.8 Å². The SMILES string of the molecule is Cc1cccn2c(=O)c(/C=C(/C#N)C(=O)Nc3cccc(Cl)c3)c(Oc3ccc(Cl)cc3Cl)nc12. The fourth-order valence-electron chi connectivity index (χ4n) is 3.21. The molecular weight excluding hydrogens is 511 g/mol. The van der Waals surface area contributed by atoms with Gasteiger partial charge in [0.25, 0.3) is 11.5 Å². The Morgan fingerprint density at radius 2 is 1.89 bits per heavy atom. The lowest BCUT2D eigenvalue weighted by atomic mass is 10.1. The molecule has 1 N–H and O–H groups in total. The summed E-state index contributed by atoms with van der Waals surface area (Å²) < 4.78 is 7.19. The molecule has 2 aromatic carbocycles. The smallest absolute Gasteiger partial charge is 0.269 e. The number of nitrogens with zero attached hydrogens (tertiary/aromatic N) is 3. The van der Waals surface area contributed by atoms with E-state index in [1.165, 1.54) is 28.8 Å². The number of benzene rings is 2. The molecule has 4 aromatic rings. The highest BCUT2D eigenvalue weighted by atomic mass is 35.5. The number of hydrogen-bond donors (Lipinski definition) is 1. The normalized spacial score (nSPS) is 11.2. The summed E-state index contributed by atoms with van der Waals surface area (Å²) >= 11 is 18.2. The summed E-state index contributed by atoms with van der Waals surface area (Å²) in [5.41, 5.74) is 0.447. The van der Waals surface area contributed by atoms with Gasteiger partial charge in [0.15, 0.2) is 0 Å². The van der Waals surface area contributed by atoms with Gasteiger partial charge in [-0.2, -0.15) is 10.2 Å². The van der Waals surface area contributed by atoms with Crippen molar-refractivity contribution in [3.63, 3.8) is 0 Å². The third-order valence-corrected chi connectivity index (χ3v) is 5.65. The van der Waals surface area contributed by atoms with Crippen LogP contribution in [0.1, 0.15) is 11.1 Å². The van der Waals surface area contributed by atoms with E-state index >= 15 is 0 Å². The first-order valence-electron chi connectivity index (χ1n) is 10.1. The molecule has 10 heteroatoms. The molecule has 0 aliphatic carbocycles. The predicted molar refractivity (Wildman–Crippen MR) is 136 cm³/mol. The minimum atomic E-state index is -0.737. The van der Waals surface area contributed by atoms with Crippen LogP contribution in [-0.2, 0) is 4.79 Å². The Morgan fingerprint density at radius 3 is 2.60 bits per heavy atom. The molecule has 1 amide bonds. The molecule has 2 heterocycles. The Kier molecular flexibility index (Phi) is 7.08. The first kappa shape index (κ1) is 24.3. The number of pyridine rings is 1. The number of anilines is 1. The Morgan fingerprint density at radius 1 is 1.11 bits per heavy atom. The van der Waals surface area contributed by atoms with Gasteiger partial charge in [-0.25, -0.2) is 0 Å². The standard InChI is InChI=1S/C25H15Cl3N4O3/c1-14-4-3-9-32-22(14)31-24(35-21-8-7-17(27)12-20(21)28)19(25(32)34)10-15(13-29)23(33)30-18-6-2-5-16(26)11-18/h2-12H,1H3,(H,30,33)/b15-10-. The van der Waals surface area contributed by atoms with Gasteiger partial charge >= 0.3 is 0 Å². The summed E-state index contributed by atoms with van der Waals surface area (Å²) in [6.45, 7) is 1.79. The van der Waals surface area contributed by atoms with Gasteiger partial charge in [0.2, 0.25) is 5.88 Å². The fraction of sp³-hybridized carbons (Fsp3) is 0.0400. The highest BCUT2D eigenvalue weighted by Gasteiger charge is 2.19. The van der Waals surface area contributed by atoms with Crippen LogP contribution in [0.25, 0.3) is 11.7 Å². The second kappa shape index (κ2) is 10.2. The van der Waals surface area contributed by atoms with E-state index in [-0.39, 0.29) is 27.8 Å². The second-order valence-corrected chi connectivity index (χ2v) is 8.61. The molecule has 0 atom stereocenters. The van der Waals surface area contributed by atoms with Crippen molar-refractivity contribution >= 4 is 58.1 Å². The van der Waals surface area contributed by atoms with Gasteiger partial charge in [0.05, 0.1) is 5.02 Å². The lowest BCUT2D eigenvalue weighted by molar-refractivity contribution is -0.112. The quantitative estimate of drug-likeness (QED) is 0.244. The molecule has 0 aliphatic rings. The van der Waals surface area contributed by atoms with Gasteiger partial charge in [-0.1, -0.05) is 46.9 Å². The number of aryl methyl sites for hydroxylation is 1. The summed E-state index contributed by atoms with van der Waals surface area (Å²) in [6, 6.07) is 16.3. The van der Waals surface area contributed by atoms with Crippen molar-refractivity contribution in [2.24, 2.45) is 0 Å². The molecule has 0 fully saturated rings. The zero-order chi connectivity index (χ0) is 25.1. The summed E-state index contributed by atoms with van der Waals surface area (Å²) in [5.74, 6) is -0.673. The van der Waals surface area contributed by atoms with Crippen LogP contribution in [0.15, 0.2) is 71.2 Å². The van der Waals surface area contributed by atoms with E-state index in [9.17, 15) is 14.9 Å². The third kappa shape index (κ3) is 5.31. The molecule has 0 spiro atoms. The van der Waals surface area contributed by atoms with Crippen LogP contribution < -0.4 is 15.6 Å². The van der Waals surface area contributed by atoms with Crippen molar-refractivity contribution in [3.05, 3.63) is 103 Å². The van der Waals surface area contributed by atoms with Gasteiger partial charge in [0, 0.05) is 21.9 Å². The Labute approximate surface area is 214 Å². The third-order valence-electron chi connectivity index (χ3n) is 4.89. The molecular formula is C25H15Cl3N4O3. The molecule has 0 saturated heterocycles. The number of nitriles is 1. The number of nitrogens with one attached hydrogen (secondary N) is 1. The fourth-order valence-corrected chi connectivity index (χ4v) is 3.85. The number of carbonyl (C=O) groups is 1. The van der Waals surface area contributed by atoms with Crippen LogP contribution in [0.5, 0.6) is 11.6 Å². The number of amides is 1. The van der Waals surface area contributed by atoms with Gasteiger partial charge in [-0.3, -0.25) is 14.0 Å². The largest absolute Gasteiger partial charge is 0.437 e. The van der Waals surface area contributed by atoms with Gasteiger partial charge < -0.3 is 10.1 Å². The maximum Gasteiger partial charge on any atom is 0.269 e. The summed E-state index contributed by atoms with van der Waals surface area (Å²) in [5, 5.41) is 13.3. The molecule has 0 radical (unpaired) electrons. The van der Waals surface area contributed by atoms with Crippen LogP contribution in [0.2, 0.25) is 15.1 Å². The molecule has 174 valence electrons. The number of rotatable bonds is 5. The van der Waals surface area contributed by atoms with E-state index in [1.54, 1.807) is 43.3 Å². The van der Waals surface area contributed by atoms with Gasteiger partial charge in [0.1, 0.15) is 28.6 Å². The lowest BCUT2D eigenvalue weighted by Crippen LogP contribution is -2.20. The first-order chi connectivity index (χ1) is 16.8. The Bertz CT molecular complexity index is 1610. The number of carbonyl (C=O) groups excluding carboxylic acids is 1. The van der Waals surface area contributed by atoms with E-state index in [4.69, 9.17) is 39.5 Å². The molecule has 35 heavy (non-hydrogen) atoms. The number of ether oxygens (including phenoxy) is 1. The van der Waals surface area contributed by atoms with E-state index < -0.39 is 11.5 Å². The average molecular weight is 526 g/mol. The summed E-state index contributed by atoms with van der Waals surface area (Å²) in [7, 11) is 0. The molecule has 0 unspecified atom stereocenters. The van der Waals surface area contributed by atoms with Gasteiger partial charge in [-0.15, -0.1) is 0 Å². The molecule has 4 rings (SSSR count). The molecule has 0 aliphatic heterocycles. The van der Waals surface area contributed by atoms with Crippen molar-refractivity contribution in [1.82, 2.24) is 9.38 Å². The van der Waals surface area contributed by atoms with E-state index in [1.807, 2.05) is 6.07 Å². The van der Waals surface area contributed by atoms with Crippen molar-refractivity contribution in [2.45, 2.75) is 6.92 Å². The maximum atomic E-state index is 13.4. The average Bonchev–Trinajstić information content (AvgIpc) is 2.81. The van der Waals surface area contributed by atoms with Crippen molar-refractivity contribution < 1.29 is 9.53 Å². The zero-order valence-corrected chi connectivity index (χ0v) is 20.3. The van der Waals surface area contributed by atoms with Crippen molar-refractivity contribution in [1.29, 1.82) is 5.26 Å². The number of halogens is 3. The molecule has 7 nitrogen and oxygen atoms in total. The monoisotopic (exact) mass is 524 g/mol. The van der Waals surface area contributed by atoms with Crippen LogP contribution in [-0.4, -0.2) is 15.3 Å². The number of aromatic nitrogens is 2. The Hall–Kier alpha value is -3.83.